The first-order chi connectivity index (χ1) is 14.8. The number of aromatic amines is 1. The van der Waals surface area contributed by atoms with E-state index >= 15 is 0 Å². The number of hydrogen-bond acceptors (Lipinski definition) is 3. The van der Waals surface area contributed by atoms with Gasteiger partial charge in [0, 0.05) is 59.4 Å². The molecule has 0 unspecified atom stereocenters. The smallest absolute Gasteiger partial charge is 0.195 e. The van der Waals surface area contributed by atoms with Crippen molar-refractivity contribution in [2.45, 2.75) is 46.0 Å². The molecule has 2 aliphatic rings. The minimum absolute atomic E-state index is 0.166. The molecule has 1 aromatic heterocycles. The van der Waals surface area contributed by atoms with Gasteiger partial charge in [0.2, 0.25) is 0 Å². The highest BCUT2D eigenvalue weighted by molar-refractivity contribution is 6.20. The lowest BCUT2D eigenvalue weighted by Gasteiger charge is -2.38. The van der Waals surface area contributed by atoms with E-state index in [1.807, 2.05) is 0 Å². The molecule has 5 rings (SSSR count). The number of nitrogens with zero attached hydrogens (tertiary/aromatic N) is 2. The number of benzene rings is 2. The molecule has 0 radical (unpaired) electrons. The van der Waals surface area contributed by atoms with Crippen LogP contribution in [0.25, 0.3) is 10.9 Å². The average Bonchev–Trinajstić information content (AvgIpc) is 3.17. The second-order valence-corrected chi connectivity index (χ2v) is 9.73. The van der Waals surface area contributed by atoms with Crippen molar-refractivity contribution < 1.29 is 4.79 Å². The van der Waals surface area contributed by atoms with E-state index in [4.69, 9.17) is 0 Å². The van der Waals surface area contributed by atoms with Gasteiger partial charge in [0.25, 0.3) is 0 Å². The summed E-state index contributed by atoms with van der Waals surface area (Å²) < 4.78 is 0. The average molecular weight is 416 g/mol. The molecule has 1 N–H and O–H groups in total. The summed E-state index contributed by atoms with van der Waals surface area (Å²) in [4.78, 5) is 22.3. The number of likely N-dealkylation sites (N-methyl/N-ethyl adjacent to an activating group) is 1. The third kappa shape index (κ3) is 3.03. The number of rotatable bonds is 3. The summed E-state index contributed by atoms with van der Waals surface area (Å²) >= 11 is 0. The number of piperazine rings is 1. The molecule has 4 heteroatoms. The molecule has 0 amide bonds. The SMILES string of the molecule is CCc1ccc2c3c([nH]c2c1)C(C)(C)c1cc(N2CCN(C)CC2)c(CC)cc1C3=O. The van der Waals surface area contributed by atoms with Crippen LogP contribution in [0.15, 0.2) is 30.3 Å². The van der Waals surface area contributed by atoms with E-state index in [1.165, 1.54) is 16.8 Å². The Morgan fingerprint density at radius 1 is 1.00 bits per heavy atom. The molecular weight excluding hydrogens is 382 g/mol. The quantitative estimate of drug-likeness (QED) is 0.660. The Bertz CT molecular complexity index is 1180. The van der Waals surface area contributed by atoms with Gasteiger partial charge in [0.05, 0.1) is 5.56 Å². The molecule has 3 aromatic rings. The van der Waals surface area contributed by atoms with E-state index in [9.17, 15) is 4.79 Å². The zero-order valence-electron chi connectivity index (χ0n) is 19.4. The van der Waals surface area contributed by atoms with Crippen molar-refractivity contribution in [3.63, 3.8) is 0 Å². The molecule has 0 atom stereocenters. The van der Waals surface area contributed by atoms with E-state index in [2.05, 4.69) is 79.9 Å². The molecule has 0 bridgehead atoms. The summed E-state index contributed by atoms with van der Waals surface area (Å²) in [5.41, 5.74) is 8.66. The lowest BCUT2D eigenvalue weighted by Crippen LogP contribution is -2.45. The van der Waals surface area contributed by atoms with Gasteiger partial charge in [-0.05, 0) is 54.8 Å². The number of carbonyl (C=O) groups is 1. The third-order valence-electron chi connectivity index (χ3n) is 7.48. The van der Waals surface area contributed by atoms with Crippen LogP contribution < -0.4 is 4.90 Å². The Kier molecular flexibility index (Phi) is 4.74. The summed E-state index contributed by atoms with van der Waals surface area (Å²) in [5.74, 6) is 0.166. The van der Waals surface area contributed by atoms with Crippen molar-refractivity contribution in [1.82, 2.24) is 9.88 Å². The van der Waals surface area contributed by atoms with Gasteiger partial charge in [0.1, 0.15) is 0 Å². The number of nitrogens with one attached hydrogen (secondary N) is 1. The monoisotopic (exact) mass is 415 g/mol. The van der Waals surface area contributed by atoms with Crippen molar-refractivity contribution in [3.8, 4) is 0 Å². The van der Waals surface area contributed by atoms with E-state index in [1.54, 1.807) is 0 Å². The van der Waals surface area contributed by atoms with Crippen molar-refractivity contribution >= 4 is 22.4 Å². The molecule has 0 spiro atoms. The summed E-state index contributed by atoms with van der Waals surface area (Å²) in [6.07, 6.45) is 1.93. The minimum atomic E-state index is -0.252. The lowest BCUT2D eigenvalue weighted by atomic mass is 9.70. The van der Waals surface area contributed by atoms with E-state index in [-0.39, 0.29) is 11.2 Å². The van der Waals surface area contributed by atoms with Gasteiger partial charge in [-0.25, -0.2) is 0 Å². The Morgan fingerprint density at radius 3 is 2.42 bits per heavy atom. The molecule has 2 heterocycles. The van der Waals surface area contributed by atoms with Crippen LogP contribution in [0.3, 0.4) is 0 Å². The number of carbonyl (C=O) groups excluding carboxylic acids is 1. The van der Waals surface area contributed by atoms with Gasteiger partial charge >= 0.3 is 0 Å². The highest BCUT2D eigenvalue weighted by Gasteiger charge is 2.40. The van der Waals surface area contributed by atoms with E-state index in [0.29, 0.717) is 0 Å². The standard InChI is InChI=1S/C27H33N3O/c1-6-17-8-9-19-22(14-17)28-26-24(19)25(31)20-15-18(7-2)23(16-21(20)27(26,3)4)30-12-10-29(5)11-13-30/h8-9,14-16,28H,6-7,10-13H2,1-5H3. The van der Waals surface area contributed by atoms with Crippen molar-refractivity contribution in [2.24, 2.45) is 0 Å². The Hall–Kier alpha value is -2.59. The molecule has 0 saturated carbocycles. The topological polar surface area (TPSA) is 39.3 Å². The van der Waals surface area contributed by atoms with Gasteiger partial charge in [-0.15, -0.1) is 0 Å². The number of aromatic nitrogens is 1. The molecule has 1 aliphatic carbocycles. The van der Waals surface area contributed by atoms with Crippen LogP contribution in [0.2, 0.25) is 0 Å². The van der Waals surface area contributed by atoms with Crippen LogP contribution in [-0.2, 0) is 18.3 Å². The van der Waals surface area contributed by atoms with Crippen LogP contribution >= 0.6 is 0 Å². The third-order valence-corrected chi connectivity index (χ3v) is 7.48. The second-order valence-electron chi connectivity index (χ2n) is 9.73. The fraction of sp³-hybridized carbons (Fsp3) is 0.444. The van der Waals surface area contributed by atoms with E-state index < -0.39 is 0 Å². The van der Waals surface area contributed by atoms with Gasteiger partial charge < -0.3 is 14.8 Å². The maximum Gasteiger partial charge on any atom is 0.195 e. The van der Waals surface area contributed by atoms with Gasteiger partial charge in [0.15, 0.2) is 5.78 Å². The number of fused-ring (bicyclic) bond motifs is 4. The van der Waals surface area contributed by atoms with Crippen molar-refractivity contribution in [1.29, 1.82) is 0 Å². The minimum Gasteiger partial charge on any atom is -0.369 e. The normalized spacial score (nSPS) is 18.4. The summed E-state index contributed by atoms with van der Waals surface area (Å²) in [7, 11) is 2.19. The second kappa shape index (κ2) is 7.23. The highest BCUT2D eigenvalue weighted by atomic mass is 16.1. The van der Waals surface area contributed by atoms with Gasteiger partial charge in [-0.1, -0.05) is 39.8 Å². The Balaban J connectivity index is 1.69. The van der Waals surface area contributed by atoms with Crippen LogP contribution in [0.1, 0.15) is 66.0 Å². The lowest BCUT2D eigenvalue weighted by molar-refractivity contribution is 0.103. The highest BCUT2D eigenvalue weighted by Crippen LogP contribution is 2.45. The Morgan fingerprint density at radius 2 is 1.74 bits per heavy atom. The first kappa shape index (κ1) is 20.3. The molecule has 162 valence electrons. The molecule has 4 nitrogen and oxygen atoms in total. The van der Waals surface area contributed by atoms with Crippen LogP contribution in [0, 0.1) is 0 Å². The zero-order chi connectivity index (χ0) is 21.9. The van der Waals surface area contributed by atoms with Crippen molar-refractivity contribution in [2.75, 3.05) is 38.1 Å². The predicted molar refractivity (Wildman–Crippen MR) is 129 cm³/mol. The number of aryl methyl sites for hydroxylation is 2. The fourth-order valence-electron chi connectivity index (χ4n) is 5.40. The molecule has 2 aromatic carbocycles. The maximum absolute atomic E-state index is 13.8. The number of H-pyrrole nitrogens is 1. The van der Waals surface area contributed by atoms with Gasteiger partial charge in [-0.2, -0.15) is 0 Å². The predicted octanol–water partition coefficient (Wildman–Crippen LogP) is 4.91. The first-order valence-corrected chi connectivity index (χ1v) is 11.7. The molecule has 1 aliphatic heterocycles. The molecule has 1 fully saturated rings. The number of anilines is 1. The van der Waals surface area contributed by atoms with Crippen molar-refractivity contribution in [3.05, 3.63) is 63.8 Å². The summed E-state index contributed by atoms with van der Waals surface area (Å²) in [6, 6.07) is 11.0. The largest absolute Gasteiger partial charge is 0.369 e. The molecule has 1 saturated heterocycles. The number of hydrogen-bond donors (Lipinski definition) is 1. The van der Waals surface area contributed by atoms with Gasteiger partial charge in [-0.3, -0.25) is 4.79 Å². The van der Waals surface area contributed by atoms with Crippen LogP contribution in [0.5, 0.6) is 0 Å². The summed E-state index contributed by atoms with van der Waals surface area (Å²) in [5, 5.41) is 1.05. The Labute approximate surface area is 185 Å². The molecule has 31 heavy (non-hydrogen) atoms. The zero-order valence-corrected chi connectivity index (χ0v) is 19.4. The number of ketones is 1. The maximum atomic E-state index is 13.8. The van der Waals surface area contributed by atoms with E-state index in [0.717, 1.165) is 72.3 Å². The molecular formula is C27H33N3O. The fourth-order valence-corrected chi connectivity index (χ4v) is 5.40. The first-order valence-electron chi connectivity index (χ1n) is 11.7. The van der Waals surface area contributed by atoms with Crippen LogP contribution in [0.4, 0.5) is 5.69 Å². The summed E-state index contributed by atoms with van der Waals surface area (Å²) in [6.45, 7) is 13.1. The van der Waals surface area contributed by atoms with Crippen LogP contribution in [-0.4, -0.2) is 48.9 Å².